The summed E-state index contributed by atoms with van der Waals surface area (Å²) in [5.74, 6) is -0.355. The summed E-state index contributed by atoms with van der Waals surface area (Å²) in [6.07, 6.45) is 1.45. The third kappa shape index (κ3) is 44.6. The molecular formula is C33H64O16. The third-order valence-electron chi connectivity index (χ3n) is 5.58. The summed E-state index contributed by atoms with van der Waals surface area (Å²) < 4.78 is 75.2. The molecule has 0 atom stereocenters. The van der Waals surface area contributed by atoms with Crippen molar-refractivity contribution in [2.75, 3.05) is 185 Å². The van der Waals surface area contributed by atoms with Crippen LogP contribution in [0.3, 0.4) is 0 Å². The lowest BCUT2D eigenvalue weighted by atomic mass is 10.3. The van der Waals surface area contributed by atoms with Crippen LogP contribution in [0.15, 0.2) is 11.6 Å². The Bertz CT molecular complexity index is 681. The predicted octanol–water partition coefficient (Wildman–Crippen LogP) is 0.704. The van der Waals surface area contributed by atoms with E-state index in [1.165, 1.54) is 6.08 Å². The Morgan fingerprint density at radius 1 is 0.347 bits per heavy atom. The second-order valence-electron chi connectivity index (χ2n) is 10.1. The van der Waals surface area contributed by atoms with Crippen molar-refractivity contribution in [3.8, 4) is 0 Å². The van der Waals surface area contributed by atoms with Gasteiger partial charge in [0.05, 0.1) is 178 Å². The standard InChI is InChI=1S/C33H64O16/c1-32(2)31-33(35)49-30-29-48-28-27-47-26-25-46-24-23-45-22-21-44-20-19-43-18-17-42-16-15-41-14-13-40-12-11-39-10-9-38-8-7-37-6-5-36-4-3-34/h31,34H,3-30H2,1-2H3. The van der Waals surface area contributed by atoms with Crippen LogP contribution in [-0.2, 0) is 71.1 Å². The summed E-state index contributed by atoms with van der Waals surface area (Å²) in [7, 11) is 0. The van der Waals surface area contributed by atoms with Gasteiger partial charge in [0.15, 0.2) is 0 Å². The van der Waals surface area contributed by atoms with Gasteiger partial charge in [0.25, 0.3) is 0 Å². The van der Waals surface area contributed by atoms with Crippen molar-refractivity contribution in [3.05, 3.63) is 11.6 Å². The average Bonchev–Trinajstić information content (AvgIpc) is 3.08. The first kappa shape index (κ1) is 47.7. The molecule has 0 heterocycles. The molecule has 0 aromatic heterocycles. The molecule has 0 aliphatic heterocycles. The average molecular weight is 717 g/mol. The maximum Gasteiger partial charge on any atom is 0.330 e. The second-order valence-corrected chi connectivity index (χ2v) is 10.1. The lowest BCUT2D eigenvalue weighted by Crippen LogP contribution is -2.15. The number of hydrogen-bond acceptors (Lipinski definition) is 16. The molecule has 0 fully saturated rings. The maximum atomic E-state index is 11.3. The molecule has 292 valence electrons. The number of aliphatic hydroxyl groups excluding tert-OH is 1. The number of carbonyl (C=O) groups excluding carboxylic acids is 1. The molecule has 0 spiro atoms. The molecule has 49 heavy (non-hydrogen) atoms. The maximum absolute atomic E-state index is 11.3. The van der Waals surface area contributed by atoms with Crippen LogP contribution in [0.25, 0.3) is 0 Å². The van der Waals surface area contributed by atoms with Crippen LogP contribution in [0.2, 0.25) is 0 Å². The van der Waals surface area contributed by atoms with E-state index >= 15 is 0 Å². The largest absolute Gasteiger partial charge is 0.460 e. The van der Waals surface area contributed by atoms with Crippen molar-refractivity contribution in [1.29, 1.82) is 0 Å². The fourth-order valence-corrected chi connectivity index (χ4v) is 3.28. The van der Waals surface area contributed by atoms with Gasteiger partial charge >= 0.3 is 5.97 Å². The highest BCUT2D eigenvalue weighted by molar-refractivity contribution is 5.82. The van der Waals surface area contributed by atoms with E-state index in [2.05, 4.69) is 0 Å². The molecule has 0 aromatic carbocycles. The molecule has 16 heteroatoms. The zero-order valence-electron chi connectivity index (χ0n) is 29.9. The van der Waals surface area contributed by atoms with Crippen LogP contribution < -0.4 is 0 Å². The van der Waals surface area contributed by atoms with E-state index in [1.54, 1.807) is 0 Å². The van der Waals surface area contributed by atoms with Gasteiger partial charge in [-0.2, -0.15) is 0 Å². The van der Waals surface area contributed by atoms with Gasteiger partial charge in [-0.1, -0.05) is 5.57 Å². The Hall–Kier alpha value is -1.35. The van der Waals surface area contributed by atoms with Gasteiger partial charge in [0.2, 0.25) is 0 Å². The minimum atomic E-state index is -0.355. The molecule has 0 saturated heterocycles. The minimum absolute atomic E-state index is 0.0210. The van der Waals surface area contributed by atoms with Crippen molar-refractivity contribution in [2.45, 2.75) is 13.8 Å². The van der Waals surface area contributed by atoms with Crippen molar-refractivity contribution in [1.82, 2.24) is 0 Å². The van der Waals surface area contributed by atoms with Gasteiger partial charge in [0, 0.05) is 6.08 Å². The summed E-state index contributed by atoms with van der Waals surface area (Å²) in [6, 6.07) is 0. The smallest absolute Gasteiger partial charge is 0.330 e. The Morgan fingerprint density at radius 3 is 0.714 bits per heavy atom. The second kappa shape index (κ2) is 42.8. The molecule has 16 nitrogen and oxygen atoms in total. The first-order valence-electron chi connectivity index (χ1n) is 17.1. The van der Waals surface area contributed by atoms with Gasteiger partial charge in [-0.3, -0.25) is 0 Å². The van der Waals surface area contributed by atoms with Crippen LogP contribution in [0.1, 0.15) is 13.8 Å². The van der Waals surface area contributed by atoms with E-state index in [4.69, 9.17) is 71.4 Å². The van der Waals surface area contributed by atoms with E-state index in [1.807, 2.05) is 13.8 Å². The van der Waals surface area contributed by atoms with E-state index in [-0.39, 0.29) is 19.2 Å². The first-order chi connectivity index (χ1) is 24.2. The van der Waals surface area contributed by atoms with Gasteiger partial charge < -0.3 is 71.4 Å². The zero-order chi connectivity index (χ0) is 35.6. The SMILES string of the molecule is CC(C)=CC(=O)OCCOCCOCCOCCOCCOCCOCCOCCOCCOCCOCCOCCOCCOCCO. The molecule has 0 unspecified atom stereocenters. The highest BCUT2D eigenvalue weighted by Gasteiger charge is 1.99. The molecule has 0 saturated carbocycles. The van der Waals surface area contributed by atoms with E-state index in [0.717, 1.165) is 5.57 Å². The quantitative estimate of drug-likeness (QED) is 0.0533. The lowest BCUT2D eigenvalue weighted by molar-refractivity contribution is -0.139. The van der Waals surface area contributed by atoms with Gasteiger partial charge in [0.1, 0.15) is 6.61 Å². The summed E-state index contributed by atoms with van der Waals surface area (Å²) in [4.78, 5) is 11.3. The number of hydrogen-bond donors (Lipinski definition) is 1. The van der Waals surface area contributed by atoms with Crippen LogP contribution in [-0.4, -0.2) is 196 Å². The third-order valence-corrected chi connectivity index (χ3v) is 5.58. The minimum Gasteiger partial charge on any atom is -0.460 e. The van der Waals surface area contributed by atoms with Crippen LogP contribution in [0.4, 0.5) is 0 Å². The Balaban J connectivity index is 3.08. The van der Waals surface area contributed by atoms with Crippen molar-refractivity contribution in [2.24, 2.45) is 0 Å². The highest BCUT2D eigenvalue weighted by Crippen LogP contribution is 1.91. The molecule has 0 rings (SSSR count). The van der Waals surface area contributed by atoms with Gasteiger partial charge in [-0.25, -0.2) is 4.79 Å². The number of aliphatic hydroxyl groups is 1. The molecule has 0 aromatic rings. The molecule has 0 radical (unpaired) electrons. The number of allylic oxidation sites excluding steroid dienone is 1. The Labute approximate surface area is 292 Å². The van der Waals surface area contributed by atoms with E-state index in [0.29, 0.717) is 172 Å². The summed E-state index contributed by atoms with van der Waals surface area (Å²) in [5, 5.41) is 8.58. The number of carbonyl (C=O) groups is 1. The molecule has 0 amide bonds. The molecular weight excluding hydrogens is 652 g/mol. The summed E-state index contributed by atoms with van der Waals surface area (Å²) in [6.45, 7) is 16.2. The summed E-state index contributed by atoms with van der Waals surface area (Å²) >= 11 is 0. The van der Waals surface area contributed by atoms with Crippen LogP contribution in [0.5, 0.6) is 0 Å². The molecule has 1 N–H and O–H groups in total. The molecule has 0 bridgehead atoms. The number of esters is 1. The zero-order valence-corrected chi connectivity index (χ0v) is 29.9. The fraction of sp³-hybridized carbons (Fsp3) is 0.909. The van der Waals surface area contributed by atoms with Crippen LogP contribution >= 0.6 is 0 Å². The predicted molar refractivity (Wildman–Crippen MR) is 178 cm³/mol. The molecule has 0 aliphatic rings. The Kier molecular flexibility index (Phi) is 41.6. The Morgan fingerprint density at radius 2 is 0.531 bits per heavy atom. The van der Waals surface area contributed by atoms with Gasteiger partial charge in [-0.05, 0) is 13.8 Å². The van der Waals surface area contributed by atoms with Crippen molar-refractivity contribution < 1.29 is 76.2 Å². The van der Waals surface area contributed by atoms with E-state index < -0.39 is 0 Å². The monoisotopic (exact) mass is 716 g/mol. The van der Waals surface area contributed by atoms with Crippen molar-refractivity contribution in [3.63, 3.8) is 0 Å². The van der Waals surface area contributed by atoms with E-state index in [9.17, 15) is 4.79 Å². The van der Waals surface area contributed by atoms with Crippen LogP contribution in [0, 0.1) is 0 Å². The highest BCUT2D eigenvalue weighted by atomic mass is 16.6. The number of ether oxygens (including phenoxy) is 14. The first-order valence-corrected chi connectivity index (χ1v) is 17.1. The van der Waals surface area contributed by atoms with Gasteiger partial charge in [-0.15, -0.1) is 0 Å². The fourth-order valence-electron chi connectivity index (χ4n) is 3.28. The lowest BCUT2D eigenvalue weighted by Gasteiger charge is -2.09. The normalized spacial score (nSPS) is 11.3. The number of rotatable bonds is 42. The topological polar surface area (TPSA) is 167 Å². The van der Waals surface area contributed by atoms with Crippen molar-refractivity contribution >= 4 is 5.97 Å². The molecule has 0 aliphatic carbocycles. The summed E-state index contributed by atoms with van der Waals surface area (Å²) in [5.41, 5.74) is 0.896.